The molecule has 3 heteroatoms. The third-order valence-corrected chi connectivity index (χ3v) is 3.53. The van der Waals surface area contributed by atoms with Gasteiger partial charge in [-0.15, -0.1) is 0 Å². The Kier molecular flexibility index (Phi) is 2.82. The highest BCUT2D eigenvalue weighted by Crippen LogP contribution is 2.22. The SMILES string of the molecule is Cc1ccc2cc(C(=O)N3CCCCC3)oc2c1. The Morgan fingerprint density at radius 2 is 1.94 bits per heavy atom. The van der Waals surface area contributed by atoms with Crippen LogP contribution in [-0.4, -0.2) is 23.9 Å². The van der Waals surface area contributed by atoms with E-state index in [1.807, 2.05) is 36.1 Å². The van der Waals surface area contributed by atoms with Crippen LogP contribution in [0.3, 0.4) is 0 Å². The maximum atomic E-state index is 12.3. The second-order valence-corrected chi connectivity index (χ2v) is 5.00. The number of piperidine rings is 1. The molecule has 0 atom stereocenters. The molecule has 1 saturated heterocycles. The molecule has 94 valence electrons. The minimum atomic E-state index is 0.0311. The van der Waals surface area contributed by atoms with Gasteiger partial charge in [-0.3, -0.25) is 4.79 Å². The standard InChI is InChI=1S/C15H17NO2/c1-11-5-6-12-10-14(18-13(12)9-11)15(17)16-7-3-2-4-8-16/h5-6,9-10H,2-4,7-8H2,1H3. The van der Waals surface area contributed by atoms with E-state index >= 15 is 0 Å². The summed E-state index contributed by atoms with van der Waals surface area (Å²) in [6.45, 7) is 3.73. The van der Waals surface area contributed by atoms with E-state index in [2.05, 4.69) is 0 Å². The minimum Gasteiger partial charge on any atom is -0.451 e. The number of hydrogen-bond donors (Lipinski definition) is 0. The van der Waals surface area contributed by atoms with E-state index in [0.717, 1.165) is 42.5 Å². The number of likely N-dealkylation sites (tertiary alicyclic amines) is 1. The van der Waals surface area contributed by atoms with Crippen molar-refractivity contribution < 1.29 is 9.21 Å². The van der Waals surface area contributed by atoms with Crippen LogP contribution >= 0.6 is 0 Å². The lowest BCUT2D eigenvalue weighted by molar-refractivity contribution is 0.0694. The molecule has 1 aromatic carbocycles. The maximum Gasteiger partial charge on any atom is 0.289 e. The topological polar surface area (TPSA) is 33.5 Å². The Bertz CT molecular complexity index is 579. The Hall–Kier alpha value is -1.77. The average Bonchev–Trinajstić information content (AvgIpc) is 2.81. The lowest BCUT2D eigenvalue weighted by Gasteiger charge is -2.25. The molecule has 1 aliphatic heterocycles. The van der Waals surface area contributed by atoms with E-state index in [4.69, 9.17) is 4.42 Å². The van der Waals surface area contributed by atoms with Crippen molar-refractivity contribution in [2.24, 2.45) is 0 Å². The molecule has 1 aliphatic rings. The zero-order valence-electron chi connectivity index (χ0n) is 10.6. The van der Waals surface area contributed by atoms with Gasteiger partial charge in [0.25, 0.3) is 5.91 Å². The third-order valence-electron chi connectivity index (χ3n) is 3.53. The normalized spacial score (nSPS) is 16.2. The van der Waals surface area contributed by atoms with Crippen molar-refractivity contribution in [3.8, 4) is 0 Å². The number of fused-ring (bicyclic) bond motifs is 1. The maximum absolute atomic E-state index is 12.3. The second-order valence-electron chi connectivity index (χ2n) is 5.00. The van der Waals surface area contributed by atoms with Crippen LogP contribution in [0.2, 0.25) is 0 Å². The Balaban J connectivity index is 1.91. The molecule has 0 spiro atoms. The van der Waals surface area contributed by atoms with Crippen molar-refractivity contribution in [1.82, 2.24) is 4.90 Å². The number of furan rings is 1. The lowest BCUT2D eigenvalue weighted by Crippen LogP contribution is -2.35. The highest BCUT2D eigenvalue weighted by atomic mass is 16.3. The molecule has 3 rings (SSSR count). The van der Waals surface area contributed by atoms with Gasteiger partial charge in [-0.05, 0) is 43.9 Å². The molecule has 2 heterocycles. The van der Waals surface area contributed by atoms with Crippen LogP contribution in [-0.2, 0) is 0 Å². The van der Waals surface area contributed by atoms with Crippen molar-refractivity contribution in [3.05, 3.63) is 35.6 Å². The highest BCUT2D eigenvalue weighted by Gasteiger charge is 2.21. The number of hydrogen-bond acceptors (Lipinski definition) is 2. The van der Waals surface area contributed by atoms with Crippen LogP contribution < -0.4 is 0 Å². The van der Waals surface area contributed by atoms with E-state index in [1.54, 1.807) is 0 Å². The first-order chi connectivity index (χ1) is 8.74. The summed E-state index contributed by atoms with van der Waals surface area (Å²) >= 11 is 0. The van der Waals surface area contributed by atoms with E-state index < -0.39 is 0 Å². The summed E-state index contributed by atoms with van der Waals surface area (Å²) in [5.41, 5.74) is 1.95. The number of benzene rings is 1. The summed E-state index contributed by atoms with van der Waals surface area (Å²) in [5.74, 6) is 0.501. The number of amides is 1. The van der Waals surface area contributed by atoms with Crippen molar-refractivity contribution in [2.75, 3.05) is 13.1 Å². The van der Waals surface area contributed by atoms with Gasteiger partial charge in [0, 0.05) is 18.5 Å². The predicted molar refractivity (Wildman–Crippen MR) is 70.7 cm³/mol. The number of nitrogens with zero attached hydrogens (tertiary/aromatic N) is 1. The number of aryl methyl sites for hydroxylation is 1. The third kappa shape index (κ3) is 2.01. The Morgan fingerprint density at radius 3 is 2.72 bits per heavy atom. The molecule has 0 aliphatic carbocycles. The fourth-order valence-electron chi connectivity index (χ4n) is 2.50. The van der Waals surface area contributed by atoms with Gasteiger partial charge in [-0.1, -0.05) is 12.1 Å². The van der Waals surface area contributed by atoms with Crippen LogP contribution in [0.15, 0.2) is 28.7 Å². The highest BCUT2D eigenvalue weighted by molar-refractivity contribution is 5.96. The molecule has 0 bridgehead atoms. The molecule has 0 radical (unpaired) electrons. The number of rotatable bonds is 1. The van der Waals surface area contributed by atoms with Crippen LogP contribution in [0.5, 0.6) is 0 Å². The molecule has 18 heavy (non-hydrogen) atoms. The van der Waals surface area contributed by atoms with Crippen LogP contribution in [0.1, 0.15) is 35.4 Å². The fraction of sp³-hybridized carbons (Fsp3) is 0.400. The molecule has 3 nitrogen and oxygen atoms in total. The van der Waals surface area contributed by atoms with E-state index in [-0.39, 0.29) is 5.91 Å². The average molecular weight is 243 g/mol. The van der Waals surface area contributed by atoms with Crippen LogP contribution in [0.25, 0.3) is 11.0 Å². The van der Waals surface area contributed by atoms with Gasteiger partial charge in [0.2, 0.25) is 0 Å². The van der Waals surface area contributed by atoms with E-state index in [1.165, 1.54) is 6.42 Å². The summed E-state index contributed by atoms with van der Waals surface area (Å²) in [5, 5.41) is 1.00. The number of carbonyl (C=O) groups is 1. The van der Waals surface area contributed by atoms with Crippen molar-refractivity contribution in [3.63, 3.8) is 0 Å². The van der Waals surface area contributed by atoms with Crippen molar-refractivity contribution in [1.29, 1.82) is 0 Å². The molecule has 0 N–H and O–H groups in total. The summed E-state index contributed by atoms with van der Waals surface area (Å²) in [7, 11) is 0. The summed E-state index contributed by atoms with van der Waals surface area (Å²) < 4.78 is 5.67. The zero-order chi connectivity index (χ0) is 12.5. The molecule has 1 aromatic heterocycles. The Labute approximate surface area is 106 Å². The monoisotopic (exact) mass is 243 g/mol. The smallest absolute Gasteiger partial charge is 0.289 e. The van der Waals surface area contributed by atoms with Gasteiger partial charge in [0.1, 0.15) is 5.58 Å². The Morgan fingerprint density at radius 1 is 1.17 bits per heavy atom. The molecule has 0 saturated carbocycles. The van der Waals surface area contributed by atoms with Gasteiger partial charge in [0.15, 0.2) is 5.76 Å². The first-order valence-corrected chi connectivity index (χ1v) is 6.53. The van der Waals surface area contributed by atoms with Crippen LogP contribution in [0, 0.1) is 6.92 Å². The minimum absolute atomic E-state index is 0.0311. The van der Waals surface area contributed by atoms with Gasteiger partial charge >= 0.3 is 0 Å². The van der Waals surface area contributed by atoms with Crippen LogP contribution in [0.4, 0.5) is 0 Å². The molecule has 2 aromatic rings. The molecular formula is C15H17NO2. The van der Waals surface area contributed by atoms with E-state index in [0.29, 0.717) is 5.76 Å². The lowest BCUT2D eigenvalue weighted by atomic mass is 10.1. The van der Waals surface area contributed by atoms with E-state index in [9.17, 15) is 4.79 Å². The van der Waals surface area contributed by atoms with Gasteiger partial charge in [0.05, 0.1) is 0 Å². The quantitative estimate of drug-likeness (QED) is 0.769. The van der Waals surface area contributed by atoms with Crippen molar-refractivity contribution in [2.45, 2.75) is 26.2 Å². The second kappa shape index (κ2) is 4.48. The molecule has 0 unspecified atom stereocenters. The predicted octanol–water partition coefficient (Wildman–Crippen LogP) is 3.37. The largest absolute Gasteiger partial charge is 0.451 e. The first-order valence-electron chi connectivity index (χ1n) is 6.53. The van der Waals surface area contributed by atoms with Gasteiger partial charge in [-0.2, -0.15) is 0 Å². The molecular weight excluding hydrogens is 226 g/mol. The first kappa shape index (κ1) is 11.3. The summed E-state index contributed by atoms with van der Waals surface area (Å²) in [6, 6.07) is 7.86. The molecule has 1 amide bonds. The van der Waals surface area contributed by atoms with Gasteiger partial charge < -0.3 is 9.32 Å². The summed E-state index contributed by atoms with van der Waals surface area (Å²) in [6.07, 6.45) is 3.43. The number of carbonyl (C=O) groups excluding carboxylic acids is 1. The fourth-order valence-corrected chi connectivity index (χ4v) is 2.50. The van der Waals surface area contributed by atoms with Crippen molar-refractivity contribution >= 4 is 16.9 Å². The zero-order valence-corrected chi connectivity index (χ0v) is 10.6. The molecule has 1 fully saturated rings. The summed E-state index contributed by atoms with van der Waals surface area (Å²) in [4.78, 5) is 14.2. The van der Waals surface area contributed by atoms with Gasteiger partial charge in [-0.25, -0.2) is 0 Å².